The molecule has 2 aromatic rings. The highest BCUT2D eigenvalue weighted by molar-refractivity contribution is 7.89. The third-order valence-electron chi connectivity index (χ3n) is 4.18. The maximum atomic E-state index is 13.5. The van der Waals surface area contributed by atoms with Crippen LogP contribution in [0.1, 0.15) is 28.8 Å². The van der Waals surface area contributed by atoms with Gasteiger partial charge in [0.2, 0.25) is 10.0 Å². The number of nitrogens with one attached hydrogen (secondary N) is 2. The van der Waals surface area contributed by atoms with Crippen LogP contribution in [0.25, 0.3) is 0 Å². The predicted molar refractivity (Wildman–Crippen MR) is 99.8 cm³/mol. The van der Waals surface area contributed by atoms with E-state index in [1.165, 1.54) is 18.2 Å². The number of esters is 1. The van der Waals surface area contributed by atoms with E-state index >= 15 is 0 Å². The van der Waals surface area contributed by atoms with Crippen LogP contribution in [0.15, 0.2) is 41.3 Å². The molecule has 1 fully saturated rings. The largest absolute Gasteiger partial charge is 0.452 e. The second-order valence-corrected chi connectivity index (χ2v) is 8.33. The van der Waals surface area contributed by atoms with E-state index in [1.54, 1.807) is 6.92 Å². The summed E-state index contributed by atoms with van der Waals surface area (Å²) in [7, 11) is -3.76. The van der Waals surface area contributed by atoms with Gasteiger partial charge in [0.05, 0.1) is 16.1 Å². The molecule has 0 atom stereocenters. The highest BCUT2D eigenvalue weighted by Gasteiger charge is 2.28. The van der Waals surface area contributed by atoms with Gasteiger partial charge in [-0.3, -0.25) is 4.79 Å². The maximum Gasteiger partial charge on any atom is 0.338 e. The second-order valence-electron chi connectivity index (χ2n) is 6.62. The Morgan fingerprint density at radius 1 is 1.14 bits per heavy atom. The normalized spacial score (nSPS) is 13.8. The van der Waals surface area contributed by atoms with Crippen molar-refractivity contribution in [2.45, 2.75) is 30.7 Å². The Morgan fingerprint density at radius 2 is 1.86 bits per heavy atom. The summed E-state index contributed by atoms with van der Waals surface area (Å²) in [5.41, 5.74) is 0.0480. The van der Waals surface area contributed by atoms with E-state index in [0.717, 1.165) is 31.0 Å². The molecule has 2 aromatic carbocycles. The molecule has 1 saturated carbocycles. The molecule has 0 spiro atoms. The summed E-state index contributed by atoms with van der Waals surface area (Å²) >= 11 is 0. The van der Waals surface area contributed by atoms with Crippen LogP contribution in [0.4, 0.5) is 14.5 Å². The summed E-state index contributed by atoms with van der Waals surface area (Å²) < 4.78 is 58.7. The molecule has 10 heteroatoms. The molecule has 7 nitrogen and oxygen atoms in total. The molecule has 0 radical (unpaired) electrons. The van der Waals surface area contributed by atoms with E-state index in [0.29, 0.717) is 5.56 Å². The summed E-state index contributed by atoms with van der Waals surface area (Å²) in [6.45, 7) is 0.828. The highest BCUT2D eigenvalue weighted by Crippen LogP contribution is 2.23. The Morgan fingerprint density at radius 3 is 2.55 bits per heavy atom. The van der Waals surface area contributed by atoms with E-state index in [1.807, 2.05) is 0 Å². The molecule has 0 unspecified atom stereocenters. The first kappa shape index (κ1) is 20.9. The van der Waals surface area contributed by atoms with Gasteiger partial charge in [-0.2, -0.15) is 0 Å². The van der Waals surface area contributed by atoms with Crippen LogP contribution < -0.4 is 10.0 Å². The van der Waals surface area contributed by atoms with Gasteiger partial charge in [0.15, 0.2) is 6.61 Å². The van der Waals surface area contributed by atoms with Crippen LogP contribution in [0.3, 0.4) is 0 Å². The molecular weight excluding hydrogens is 406 g/mol. The fourth-order valence-corrected chi connectivity index (χ4v) is 3.80. The Hall–Kier alpha value is -2.85. The molecule has 154 valence electrons. The summed E-state index contributed by atoms with van der Waals surface area (Å²) in [5.74, 6) is -3.38. The number of rotatable bonds is 7. The number of ether oxygens (including phenoxy) is 1. The molecule has 29 heavy (non-hydrogen) atoms. The third kappa shape index (κ3) is 5.36. The lowest BCUT2D eigenvalue weighted by atomic mass is 10.1. The Balaban J connectivity index is 1.66. The Labute approximate surface area is 166 Å². The van der Waals surface area contributed by atoms with Crippen LogP contribution in [-0.2, 0) is 19.6 Å². The average Bonchev–Trinajstić information content (AvgIpc) is 3.46. The molecule has 0 aliphatic heterocycles. The molecular formula is C19H18F2N2O5S. The molecule has 1 aliphatic carbocycles. The Kier molecular flexibility index (Phi) is 5.94. The number of carbonyl (C=O) groups is 2. The number of benzene rings is 2. The quantitative estimate of drug-likeness (QED) is 0.665. The fraction of sp³-hybridized carbons (Fsp3) is 0.263. The van der Waals surface area contributed by atoms with Crippen molar-refractivity contribution in [3.05, 3.63) is 59.2 Å². The molecule has 0 bridgehead atoms. The number of amides is 1. The number of hydrogen-bond acceptors (Lipinski definition) is 5. The smallest absolute Gasteiger partial charge is 0.338 e. The van der Waals surface area contributed by atoms with Gasteiger partial charge in [0.1, 0.15) is 11.6 Å². The van der Waals surface area contributed by atoms with Crippen LogP contribution in [0, 0.1) is 18.6 Å². The van der Waals surface area contributed by atoms with Gasteiger partial charge >= 0.3 is 5.97 Å². The van der Waals surface area contributed by atoms with Gasteiger partial charge < -0.3 is 10.1 Å². The number of hydrogen-bond donors (Lipinski definition) is 2. The van der Waals surface area contributed by atoms with E-state index in [-0.39, 0.29) is 22.2 Å². The van der Waals surface area contributed by atoms with Gasteiger partial charge in [0, 0.05) is 12.1 Å². The minimum absolute atomic E-state index is 0.0200. The van der Waals surface area contributed by atoms with Crippen LogP contribution in [0.2, 0.25) is 0 Å². The lowest BCUT2D eigenvalue weighted by molar-refractivity contribution is -0.119. The van der Waals surface area contributed by atoms with Crippen LogP contribution in [-0.4, -0.2) is 32.9 Å². The summed E-state index contributed by atoms with van der Waals surface area (Å²) in [6.07, 6.45) is 1.53. The first-order valence-corrected chi connectivity index (χ1v) is 10.2. The van der Waals surface area contributed by atoms with E-state index in [9.17, 15) is 26.8 Å². The predicted octanol–water partition coefficient (Wildman–Crippen LogP) is 2.51. The van der Waals surface area contributed by atoms with E-state index in [4.69, 9.17) is 4.74 Å². The summed E-state index contributed by atoms with van der Waals surface area (Å²) in [5, 5.41) is 2.10. The van der Waals surface area contributed by atoms with E-state index < -0.39 is 40.1 Å². The zero-order valence-corrected chi connectivity index (χ0v) is 16.2. The molecule has 1 amide bonds. The van der Waals surface area contributed by atoms with Crippen molar-refractivity contribution in [3.63, 3.8) is 0 Å². The number of halogens is 2. The molecule has 1 aliphatic rings. The van der Waals surface area contributed by atoms with Gasteiger partial charge in [-0.05, 0) is 49.6 Å². The summed E-state index contributed by atoms with van der Waals surface area (Å²) in [4.78, 5) is 24.1. The monoisotopic (exact) mass is 424 g/mol. The van der Waals surface area contributed by atoms with Crippen molar-refractivity contribution >= 4 is 27.6 Å². The van der Waals surface area contributed by atoms with Crippen molar-refractivity contribution in [1.82, 2.24) is 4.72 Å². The first-order valence-electron chi connectivity index (χ1n) is 8.71. The van der Waals surface area contributed by atoms with Crippen molar-refractivity contribution in [3.8, 4) is 0 Å². The second kappa shape index (κ2) is 8.26. The molecule has 2 N–H and O–H groups in total. The number of aryl methyl sites for hydroxylation is 1. The fourth-order valence-electron chi connectivity index (χ4n) is 2.47. The third-order valence-corrected chi connectivity index (χ3v) is 5.69. The van der Waals surface area contributed by atoms with Crippen molar-refractivity contribution in [1.29, 1.82) is 0 Å². The van der Waals surface area contributed by atoms with Crippen molar-refractivity contribution in [2.24, 2.45) is 0 Å². The number of carbonyl (C=O) groups excluding carboxylic acids is 2. The number of anilines is 1. The maximum absolute atomic E-state index is 13.5. The zero-order valence-electron chi connectivity index (χ0n) is 15.4. The number of sulfonamides is 1. The molecule has 0 heterocycles. The van der Waals surface area contributed by atoms with Gasteiger partial charge in [-0.1, -0.05) is 6.07 Å². The topological polar surface area (TPSA) is 102 Å². The lowest BCUT2D eigenvalue weighted by Gasteiger charge is -2.11. The van der Waals surface area contributed by atoms with Crippen molar-refractivity contribution < 1.29 is 31.5 Å². The lowest BCUT2D eigenvalue weighted by Crippen LogP contribution is -2.26. The zero-order chi connectivity index (χ0) is 21.2. The molecule has 0 saturated heterocycles. The van der Waals surface area contributed by atoms with Crippen LogP contribution >= 0.6 is 0 Å². The van der Waals surface area contributed by atoms with Gasteiger partial charge in [-0.15, -0.1) is 0 Å². The van der Waals surface area contributed by atoms with E-state index in [2.05, 4.69) is 10.0 Å². The average molecular weight is 424 g/mol. The first-order chi connectivity index (χ1) is 13.7. The SMILES string of the molecule is Cc1ccc(S(=O)(=O)NC2CC2)cc1C(=O)OCC(=O)Nc1cc(F)ccc1F. The van der Waals surface area contributed by atoms with Gasteiger partial charge in [-0.25, -0.2) is 26.7 Å². The minimum atomic E-state index is -3.76. The highest BCUT2D eigenvalue weighted by atomic mass is 32.2. The van der Waals surface area contributed by atoms with Gasteiger partial charge in [0.25, 0.3) is 5.91 Å². The standard InChI is InChI=1S/C19H18F2N2O5S/c1-11-2-6-14(29(26,27)23-13-4-5-13)9-15(11)19(25)28-10-18(24)22-17-8-12(20)3-7-16(17)21/h2-3,6-9,13,23H,4-5,10H2,1H3,(H,22,24). The molecule has 0 aromatic heterocycles. The molecule has 3 rings (SSSR count). The van der Waals surface area contributed by atoms with Crippen molar-refractivity contribution in [2.75, 3.05) is 11.9 Å². The van der Waals surface area contributed by atoms with Crippen LogP contribution in [0.5, 0.6) is 0 Å². The Bertz CT molecular complexity index is 1070. The minimum Gasteiger partial charge on any atom is -0.452 e. The summed E-state index contributed by atoms with van der Waals surface area (Å²) in [6, 6.07) is 6.45.